The number of rotatable bonds is 3. The van der Waals surface area contributed by atoms with Gasteiger partial charge < -0.3 is 21.3 Å². The molecular formula is C16H22N4O2. The predicted octanol–water partition coefficient (Wildman–Crippen LogP) is 1.29. The van der Waals surface area contributed by atoms with Crippen LogP contribution in [0.3, 0.4) is 0 Å². The van der Waals surface area contributed by atoms with Gasteiger partial charge in [0.1, 0.15) is 0 Å². The fourth-order valence-electron chi connectivity index (χ4n) is 2.76. The fourth-order valence-corrected chi connectivity index (χ4v) is 2.76. The molecule has 1 aromatic rings. The Balaban J connectivity index is 1.44. The fraction of sp³-hybridized carbons (Fsp3) is 0.500. The van der Waals surface area contributed by atoms with Crippen LogP contribution in [0.25, 0.3) is 0 Å². The van der Waals surface area contributed by atoms with Crippen molar-refractivity contribution < 1.29 is 9.59 Å². The van der Waals surface area contributed by atoms with E-state index in [9.17, 15) is 9.59 Å². The number of anilines is 1. The Labute approximate surface area is 130 Å². The van der Waals surface area contributed by atoms with Crippen LogP contribution in [0, 0.1) is 0 Å². The maximum Gasteiger partial charge on any atom is 0.319 e. The molecule has 6 nitrogen and oxygen atoms in total. The third-order valence-electron chi connectivity index (χ3n) is 4.36. The Bertz CT molecular complexity index is 549. The second-order valence-electron chi connectivity index (χ2n) is 6.19. The second kappa shape index (κ2) is 5.96. The molecular weight excluding hydrogens is 280 g/mol. The van der Waals surface area contributed by atoms with E-state index in [1.54, 1.807) is 0 Å². The Hall–Kier alpha value is -2.08. The van der Waals surface area contributed by atoms with Gasteiger partial charge in [-0.05, 0) is 37.8 Å². The number of nitrogens with two attached hydrogens (primary N) is 1. The molecule has 0 aromatic heterocycles. The Kier molecular flexibility index (Phi) is 4.02. The van der Waals surface area contributed by atoms with Crippen LogP contribution in [0.15, 0.2) is 30.3 Å². The topological polar surface area (TPSA) is 87.5 Å². The number of hydrogen-bond acceptors (Lipinski definition) is 3. The summed E-state index contributed by atoms with van der Waals surface area (Å²) in [5.74, 6) is 0.0692. The van der Waals surface area contributed by atoms with E-state index in [0.717, 1.165) is 31.4 Å². The van der Waals surface area contributed by atoms with Gasteiger partial charge in [0.15, 0.2) is 0 Å². The molecule has 1 heterocycles. The molecule has 3 amide bonds. The van der Waals surface area contributed by atoms with E-state index >= 15 is 0 Å². The molecule has 0 unspecified atom stereocenters. The Morgan fingerprint density at radius 2 is 1.77 bits per heavy atom. The first kappa shape index (κ1) is 14.8. The van der Waals surface area contributed by atoms with E-state index in [1.165, 1.54) is 0 Å². The highest BCUT2D eigenvalue weighted by atomic mass is 16.2. The number of para-hydroxylation sites is 1. The number of piperidine rings is 1. The SMILES string of the molecule is NC1(C(=O)N2CCC(NC(=O)Nc3ccccc3)CC2)CC1. The van der Waals surface area contributed by atoms with Gasteiger partial charge in [0.2, 0.25) is 5.91 Å². The average molecular weight is 302 g/mol. The first-order chi connectivity index (χ1) is 10.6. The smallest absolute Gasteiger partial charge is 0.319 e. The van der Waals surface area contributed by atoms with Gasteiger partial charge in [-0.1, -0.05) is 18.2 Å². The lowest BCUT2D eigenvalue weighted by molar-refractivity contribution is -0.134. The molecule has 22 heavy (non-hydrogen) atoms. The van der Waals surface area contributed by atoms with Crippen LogP contribution in [0.5, 0.6) is 0 Å². The summed E-state index contributed by atoms with van der Waals surface area (Å²) in [5.41, 5.74) is 6.13. The van der Waals surface area contributed by atoms with Crippen LogP contribution in [-0.4, -0.2) is 41.5 Å². The summed E-state index contributed by atoms with van der Waals surface area (Å²) in [6, 6.07) is 9.24. The van der Waals surface area contributed by atoms with Crippen LogP contribution in [0.1, 0.15) is 25.7 Å². The number of carbonyl (C=O) groups is 2. The maximum atomic E-state index is 12.2. The number of carbonyl (C=O) groups excluding carboxylic acids is 2. The Morgan fingerprint density at radius 3 is 2.36 bits per heavy atom. The summed E-state index contributed by atoms with van der Waals surface area (Å²) in [6.45, 7) is 1.32. The van der Waals surface area contributed by atoms with Crippen LogP contribution < -0.4 is 16.4 Å². The van der Waals surface area contributed by atoms with E-state index in [0.29, 0.717) is 13.1 Å². The van der Waals surface area contributed by atoms with Crippen molar-refractivity contribution >= 4 is 17.6 Å². The highest BCUT2D eigenvalue weighted by Gasteiger charge is 2.48. The molecule has 0 bridgehead atoms. The summed E-state index contributed by atoms with van der Waals surface area (Å²) < 4.78 is 0. The van der Waals surface area contributed by atoms with Crippen molar-refractivity contribution in [3.63, 3.8) is 0 Å². The number of benzene rings is 1. The molecule has 1 aliphatic heterocycles. The number of amides is 3. The van der Waals surface area contributed by atoms with E-state index in [2.05, 4.69) is 10.6 Å². The third kappa shape index (κ3) is 3.39. The lowest BCUT2D eigenvalue weighted by atomic mass is 10.0. The molecule has 3 rings (SSSR count). The van der Waals surface area contributed by atoms with Gasteiger partial charge in [0.25, 0.3) is 0 Å². The molecule has 6 heteroatoms. The normalized spacial score (nSPS) is 20.3. The maximum absolute atomic E-state index is 12.2. The van der Waals surface area contributed by atoms with Gasteiger partial charge in [-0.25, -0.2) is 4.79 Å². The van der Waals surface area contributed by atoms with Crippen LogP contribution in [0.4, 0.5) is 10.5 Å². The minimum absolute atomic E-state index is 0.0692. The molecule has 4 N–H and O–H groups in total. The molecule has 0 atom stereocenters. The quantitative estimate of drug-likeness (QED) is 0.786. The highest BCUT2D eigenvalue weighted by Crippen LogP contribution is 2.34. The molecule has 1 saturated carbocycles. The zero-order chi connectivity index (χ0) is 15.6. The average Bonchev–Trinajstić information content (AvgIpc) is 3.27. The summed E-state index contributed by atoms with van der Waals surface area (Å²) in [5, 5.41) is 5.77. The number of urea groups is 1. The number of likely N-dealkylation sites (tertiary alicyclic amines) is 1. The number of nitrogens with one attached hydrogen (secondary N) is 2. The van der Waals surface area contributed by atoms with E-state index in [-0.39, 0.29) is 18.0 Å². The van der Waals surface area contributed by atoms with Crippen molar-refractivity contribution in [1.82, 2.24) is 10.2 Å². The van der Waals surface area contributed by atoms with Crippen molar-refractivity contribution in [3.8, 4) is 0 Å². The molecule has 1 aliphatic carbocycles. The summed E-state index contributed by atoms with van der Waals surface area (Å²) in [4.78, 5) is 25.9. The molecule has 2 aliphatic rings. The minimum atomic E-state index is -0.592. The summed E-state index contributed by atoms with van der Waals surface area (Å²) in [7, 11) is 0. The lowest BCUT2D eigenvalue weighted by Gasteiger charge is -2.33. The van der Waals surface area contributed by atoms with E-state index < -0.39 is 5.54 Å². The van der Waals surface area contributed by atoms with Crippen molar-refractivity contribution in [1.29, 1.82) is 0 Å². The lowest BCUT2D eigenvalue weighted by Crippen LogP contribution is -2.52. The first-order valence-corrected chi connectivity index (χ1v) is 7.78. The zero-order valence-corrected chi connectivity index (χ0v) is 12.5. The van der Waals surface area contributed by atoms with Crippen LogP contribution in [0.2, 0.25) is 0 Å². The number of nitrogens with zero attached hydrogens (tertiary/aromatic N) is 1. The van der Waals surface area contributed by atoms with E-state index in [1.807, 2.05) is 35.2 Å². The zero-order valence-electron chi connectivity index (χ0n) is 12.5. The molecule has 2 fully saturated rings. The monoisotopic (exact) mass is 302 g/mol. The third-order valence-corrected chi connectivity index (χ3v) is 4.36. The van der Waals surface area contributed by atoms with E-state index in [4.69, 9.17) is 5.73 Å². The largest absolute Gasteiger partial charge is 0.341 e. The Morgan fingerprint density at radius 1 is 1.14 bits per heavy atom. The van der Waals surface area contributed by atoms with Crippen molar-refractivity contribution in [2.24, 2.45) is 5.73 Å². The van der Waals surface area contributed by atoms with Gasteiger partial charge >= 0.3 is 6.03 Å². The van der Waals surface area contributed by atoms with Crippen molar-refractivity contribution in [2.75, 3.05) is 18.4 Å². The summed E-state index contributed by atoms with van der Waals surface area (Å²) >= 11 is 0. The van der Waals surface area contributed by atoms with Gasteiger partial charge in [0, 0.05) is 24.8 Å². The van der Waals surface area contributed by atoms with Gasteiger partial charge in [0.05, 0.1) is 5.54 Å². The van der Waals surface area contributed by atoms with Gasteiger partial charge in [-0.2, -0.15) is 0 Å². The molecule has 1 aromatic carbocycles. The number of hydrogen-bond donors (Lipinski definition) is 3. The minimum Gasteiger partial charge on any atom is -0.341 e. The van der Waals surface area contributed by atoms with Crippen molar-refractivity contribution in [2.45, 2.75) is 37.3 Å². The molecule has 118 valence electrons. The van der Waals surface area contributed by atoms with Gasteiger partial charge in [-0.15, -0.1) is 0 Å². The molecule has 1 saturated heterocycles. The van der Waals surface area contributed by atoms with Crippen LogP contribution in [-0.2, 0) is 4.79 Å². The predicted molar refractivity (Wildman–Crippen MR) is 84.4 cm³/mol. The van der Waals surface area contributed by atoms with Crippen molar-refractivity contribution in [3.05, 3.63) is 30.3 Å². The summed E-state index contributed by atoms with van der Waals surface area (Å²) in [6.07, 6.45) is 3.13. The van der Waals surface area contributed by atoms with Crippen LogP contribution >= 0.6 is 0 Å². The first-order valence-electron chi connectivity index (χ1n) is 7.78. The molecule has 0 spiro atoms. The highest BCUT2D eigenvalue weighted by molar-refractivity contribution is 5.90. The molecule has 0 radical (unpaired) electrons. The van der Waals surface area contributed by atoms with Gasteiger partial charge in [-0.3, -0.25) is 4.79 Å². The second-order valence-corrected chi connectivity index (χ2v) is 6.19. The standard InChI is InChI=1S/C16H22N4O2/c17-16(8-9-16)14(21)20-10-6-13(7-11-20)19-15(22)18-12-4-2-1-3-5-12/h1-5,13H,6-11,17H2,(H2,18,19,22).